The summed E-state index contributed by atoms with van der Waals surface area (Å²) >= 11 is 0. The zero-order chi connectivity index (χ0) is 23.7. The highest BCUT2D eigenvalue weighted by Crippen LogP contribution is 2.37. The Morgan fingerprint density at radius 1 is 0.970 bits per heavy atom. The van der Waals surface area contributed by atoms with Crippen molar-refractivity contribution in [1.29, 1.82) is 0 Å². The summed E-state index contributed by atoms with van der Waals surface area (Å²) in [5.41, 5.74) is 4.58. The number of imide groups is 1. The molecule has 2 aliphatic heterocycles. The molecule has 0 unspecified atom stereocenters. The largest absolute Gasteiger partial charge is 0.494 e. The van der Waals surface area contributed by atoms with Crippen molar-refractivity contribution in [1.82, 2.24) is 9.80 Å². The van der Waals surface area contributed by atoms with Gasteiger partial charge in [-0.1, -0.05) is 18.2 Å². The van der Waals surface area contributed by atoms with Crippen LogP contribution in [0.3, 0.4) is 0 Å². The van der Waals surface area contributed by atoms with Crippen LogP contribution in [0, 0.1) is 13.8 Å². The molecule has 33 heavy (non-hydrogen) atoms. The molecule has 4 rings (SSSR count). The summed E-state index contributed by atoms with van der Waals surface area (Å²) < 4.78 is 5.53. The Morgan fingerprint density at radius 2 is 1.64 bits per heavy atom. The Bertz CT molecular complexity index is 1080. The van der Waals surface area contributed by atoms with Gasteiger partial charge in [-0.3, -0.25) is 9.59 Å². The lowest BCUT2D eigenvalue weighted by molar-refractivity contribution is -0.120. The van der Waals surface area contributed by atoms with Crippen LogP contribution >= 0.6 is 0 Å². The smallest absolute Gasteiger partial charge is 0.282 e. The molecule has 0 saturated carbocycles. The van der Waals surface area contributed by atoms with E-state index in [0.717, 1.165) is 42.6 Å². The number of hydrogen-bond acceptors (Lipinski definition) is 5. The van der Waals surface area contributed by atoms with E-state index in [0.29, 0.717) is 29.3 Å². The van der Waals surface area contributed by atoms with Gasteiger partial charge in [-0.15, -0.1) is 0 Å². The Balaban J connectivity index is 1.76. The monoisotopic (exact) mass is 447 g/mol. The molecule has 2 aromatic rings. The van der Waals surface area contributed by atoms with Gasteiger partial charge in [0, 0.05) is 13.1 Å². The molecule has 0 atom stereocenters. The second-order valence-corrected chi connectivity index (χ2v) is 9.04. The fraction of sp³-hybridized carbons (Fsp3) is 0.407. The van der Waals surface area contributed by atoms with Crippen LogP contribution < -0.4 is 9.64 Å². The molecule has 1 saturated heterocycles. The second-order valence-electron chi connectivity index (χ2n) is 9.04. The zero-order valence-electron chi connectivity index (χ0n) is 20.2. The highest BCUT2D eigenvalue weighted by atomic mass is 16.5. The van der Waals surface area contributed by atoms with Gasteiger partial charge in [-0.25, -0.2) is 4.90 Å². The van der Waals surface area contributed by atoms with Crippen LogP contribution in [-0.4, -0.2) is 61.4 Å². The van der Waals surface area contributed by atoms with E-state index < -0.39 is 0 Å². The van der Waals surface area contributed by atoms with E-state index in [4.69, 9.17) is 4.74 Å². The highest BCUT2D eigenvalue weighted by molar-refractivity contribution is 6.45. The third-order valence-corrected chi connectivity index (χ3v) is 6.85. The number of nitrogens with zero attached hydrogens (tertiary/aromatic N) is 3. The number of piperidine rings is 1. The lowest BCUT2D eigenvalue weighted by Gasteiger charge is -2.36. The van der Waals surface area contributed by atoms with E-state index in [1.54, 1.807) is 24.3 Å². The summed E-state index contributed by atoms with van der Waals surface area (Å²) in [5, 5.41) is 0. The van der Waals surface area contributed by atoms with Gasteiger partial charge in [0.15, 0.2) is 0 Å². The molecule has 0 aromatic heterocycles. The molecule has 2 amide bonds. The number of carbonyl (C=O) groups excluding carboxylic acids is 2. The molecule has 6 heteroatoms. The molecule has 174 valence electrons. The molecule has 0 aliphatic carbocycles. The Labute approximate surface area is 196 Å². The van der Waals surface area contributed by atoms with Crippen molar-refractivity contribution < 1.29 is 14.3 Å². The number of aryl methyl sites for hydroxylation is 2. The third-order valence-electron chi connectivity index (χ3n) is 6.85. The lowest BCUT2D eigenvalue weighted by Crippen LogP contribution is -2.43. The molecule has 2 heterocycles. The minimum atomic E-state index is -0.276. The minimum absolute atomic E-state index is 0.217. The molecule has 6 nitrogen and oxygen atoms in total. The summed E-state index contributed by atoms with van der Waals surface area (Å²) in [6.07, 6.45) is 1.92. The third kappa shape index (κ3) is 4.40. The average Bonchev–Trinajstić information content (AvgIpc) is 3.06. The van der Waals surface area contributed by atoms with Gasteiger partial charge in [0.25, 0.3) is 11.8 Å². The summed E-state index contributed by atoms with van der Waals surface area (Å²) in [6, 6.07) is 13.3. The Hall–Kier alpha value is -3.12. The number of benzene rings is 2. The van der Waals surface area contributed by atoms with E-state index in [-0.39, 0.29) is 17.9 Å². The average molecular weight is 448 g/mol. The SMILES string of the molecule is CCOc1ccc(N2C(=O)C(c3ccc(C)c(C)c3)=C(N(C)C3CCN(C)CC3)C2=O)cc1. The van der Waals surface area contributed by atoms with Gasteiger partial charge in [0.05, 0.1) is 17.9 Å². The van der Waals surface area contributed by atoms with Crippen molar-refractivity contribution in [3.8, 4) is 5.75 Å². The number of likely N-dealkylation sites (N-methyl/N-ethyl adjacent to an activating group) is 1. The van der Waals surface area contributed by atoms with Crippen molar-refractivity contribution in [3.63, 3.8) is 0 Å². The Morgan fingerprint density at radius 3 is 2.24 bits per heavy atom. The molecular formula is C27H33N3O3. The fourth-order valence-corrected chi connectivity index (χ4v) is 4.66. The predicted molar refractivity (Wildman–Crippen MR) is 131 cm³/mol. The maximum atomic E-state index is 13.8. The molecule has 0 radical (unpaired) electrons. The summed E-state index contributed by atoms with van der Waals surface area (Å²) in [6.45, 7) is 8.52. The summed E-state index contributed by atoms with van der Waals surface area (Å²) in [4.78, 5) is 33.2. The number of ether oxygens (including phenoxy) is 1. The van der Waals surface area contributed by atoms with Crippen LogP contribution in [0.1, 0.15) is 36.5 Å². The Kier molecular flexibility index (Phi) is 6.56. The first-order valence-corrected chi connectivity index (χ1v) is 11.7. The van der Waals surface area contributed by atoms with Crippen LogP contribution in [0.5, 0.6) is 5.75 Å². The van der Waals surface area contributed by atoms with Crippen LogP contribution in [-0.2, 0) is 9.59 Å². The highest BCUT2D eigenvalue weighted by Gasteiger charge is 2.43. The quantitative estimate of drug-likeness (QED) is 0.627. The van der Waals surface area contributed by atoms with Crippen molar-refractivity contribution in [2.24, 2.45) is 0 Å². The zero-order valence-corrected chi connectivity index (χ0v) is 20.2. The second kappa shape index (κ2) is 9.40. The first kappa shape index (κ1) is 23.1. The fourth-order valence-electron chi connectivity index (χ4n) is 4.66. The lowest BCUT2D eigenvalue weighted by atomic mass is 9.97. The van der Waals surface area contributed by atoms with E-state index in [1.807, 2.05) is 50.9 Å². The van der Waals surface area contributed by atoms with Gasteiger partial charge in [-0.2, -0.15) is 0 Å². The van der Waals surface area contributed by atoms with Crippen LogP contribution in [0.15, 0.2) is 48.2 Å². The number of carbonyl (C=O) groups is 2. The molecule has 0 bridgehead atoms. The van der Waals surface area contributed by atoms with Crippen molar-refractivity contribution in [2.75, 3.05) is 38.7 Å². The molecule has 0 spiro atoms. The van der Waals surface area contributed by atoms with E-state index in [2.05, 4.69) is 11.9 Å². The molecule has 1 fully saturated rings. The van der Waals surface area contributed by atoms with Gasteiger partial charge in [-0.05, 0) is 94.7 Å². The van der Waals surface area contributed by atoms with Gasteiger partial charge >= 0.3 is 0 Å². The molecule has 2 aliphatic rings. The van der Waals surface area contributed by atoms with Gasteiger partial charge in [0.1, 0.15) is 11.4 Å². The van der Waals surface area contributed by atoms with Gasteiger partial charge in [0.2, 0.25) is 0 Å². The summed E-state index contributed by atoms with van der Waals surface area (Å²) in [5.74, 6) is 0.173. The topological polar surface area (TPSA) is 53.1 Å². The van der Waals surface area contributed by atoms with E-state index in [9.17, 15) is 9.59 Å². The van der Waals surface area contributed by atoms with Crippen molar-refractivity contribution in [3.05, 3.63) is 64.9 Å². The standard InChI is InChI=1S/C27H33N3O3/c1-6-33-23-11-9-22(10-12-23)30-26(31)24(20-8-7-18(2)19(3)17-20)25(27(30)32)29(5)21-13-15-28(4)16-14-21/h7-12,17,21H,6,13-16H2,1-5H3. The first-order chi connectivity index (χ1) is 15.8. The normalized spacial score (nSPS) is 17.8. The first-order valence-electron chi connectivity index (χ1n) is 11.7. The maximum absolute atomic E-state index is 13.8. The van der Waals surface area contributed by atoms with Crippen molar-refractivity contribution >= 4 is 23.1 Å². The molecule has 0 N–H and O–H groups in total. The molecular weight excluding hydrogens is 414 g/mol. The van der Waals surface area contributed by atoms with Crippen LogP contribution in [0.4, 0.5) is 5.69 Å². The number of hydrogen-bond donors (Lipinski definition) is 0. The van der Waals surface area contributed by atoms with Gasteiger partial charge < -0.3 is 14.5 Å². The van der Waals surface area contributed by atoms with Crippen LogP contribution in [0.25, 0.3) is 5.57 Å². The minimum Gasteiger partial charge on any atom is -0.494 e. The number of rotatable bonds is 6. The van der Waals surface area contributed by atoms with Crippen LogP contribution in [0.2, 0.25) is 0 Å². The maximum Gasteiger partial charge on any atom is 0.282 e. The summed E-state index contributed by atoms with van der Waals surface area (Å²) in [7, 11) is 4.08. The predicted octanol–water partition coefficient (Wildman–Crippen LogP) is 4.01. The van der Waals surface area contributed by atoms with E-state index in [1.165, 1.54) is 4.90 Å². The number of amides is 2. The van der Waals surface area contributed by atoms with E-state index >= 15 is 0 Å². The number of anilines is 1. The molecule has 2 aromatic carbocycles. The van der Waals surface area contributed by atoms with Crippen molar-refractivity contribution in [2.45, 2.75) is 39.7 Å². The number of likely N-dealkylation sites (tertiary alicyclic amines) is 1.